The Morgan fingerprint density at radius 1 is 1.23 bits per heavy atom. The second-order valence-corrected chi connectivity index (χ2v) is 8.02. The molecule has 0 saturated carbocycles. The van der Waals surface area contributed by atoms with E-state index in [1.54, 1.807) is 19.2 Å². The minimum absolute atomic E-state index is 0.247. The predicted molar refractivity (Wildman–Crippen MR) is 112 cm³/mol. The molecule has 0 fully saturated rings. The fourth-order valence-electron chi connectivity index (χ4n) is 3.97. The summed E-state index contributed by atoms with van der Waals surface area (Å²) in [5.41, 5.74) is 0.544. The number of anilines is 1. The number of rotatable bonds is 5. The zero-order valence-electron chi connectivity index (χ0n) is 17.2. The van der Waals surface area contributed by atoms with Crippen molar-refractivity contribution in [3.05, 3.63) is 71.8 Å². The minimum atomic E-state index is -2.24. The Morgan fingerprint density at radius 2 is 2.00 bits per heavy atom. The lowest BCUT2D eigenvalue weighted by Crippen LogP contribution is -2.64. The van der Waals surface area contributed by atoms with Crippen LogP contribution in [-0.4, -0.2) is 44.0 Å². The molecule has 3 aromatic rings. The number of benzene rings is 2. The molecule has 1 aromatic heterocycles. The number of carbonyl (C=O) groups excluding carboxylic acids is 1. The standard InChI is InChI=1S/C21H21F2N5O2S/c1-4-19(27-12-24-11-25-27)28-20(29)15-7-6-14(31-3)10-18(15)26(2)21(28,30)16-8-5-13(22)9-17(16)23/h5-12,19,30H,4H2,1-3H3. The van der Waals surface area contributed by atoms with Crippen molar-refractivity contribution in [2.24, 2.45) is 0 Å². The molecular weight excluding hydrogens is 424 g/mol. The first-order valence-corrected chi connectivity index (χ1v) is 10.8. The Balaban J connectivity index is 2.00. The van der Waals surface area contributed by atoms with Crippen LogP contribution in [0, 0.1) is 11.6 Å². The molecule has 162 valence electrons. The van der Waals surface area contributed by atoms with Crippen molar-refractivity contribution in [2.75, 3.05) is 18.2 Å². The van der Waals surface area contributed by atoms with Crippen LogP contribution in [-0.2, 0) is 5.85 Å². The Hall–Kier alpha value is -2.98. The molecule has 31 heavy (non-hydrogen) atoms. The number of amides is 1. The lowest BCUT2D eigenvalue weighted by molar-refractivity contribution is -0.132. The van der Waals surface area contributed by atoms with E-state index in [-0.39, 0.29) is 5.56 Å². The largest absolute Gasteiger partial charge is 0.350 e. The van der Waals surface area contributed by atoms with E-state index in [1.165, 1.54) is 38.9 Å². The van der Waals surface area contributed by atoms with Gasteiger partial charge in [0, 0.05) is 18.0 Å². The van der Waals surface area contributed by atoms with Gasteiger partial charge in [0.2, 0.25) is 0 Å². The molecule has 2 aromatic carbocycles. The van der Waals surface area contributed by atoms with Crippen molar-refractivity contribution < 1.29 is 18.7 Å². The monoisotopic (exact) mass is 445 g/mol. The number of carbonyl (C=O) groups is 1. The van der Waals surface area contributed by atoms with Gasteiger partial charge >= 0.3 is 0 Å². The molecular formula is C21H21F2N5O2S. The van der Waals surface area contributed by atoms with E-state index in [9.17, 15) is 18.7 Å². The SMILES string of the molecule is CCC(N1C(=O)c2ccc(SC)cc2N(C)C1(O)c1ccc(F)cc1F)n1cncn1. The van der Waals surface area contributed by atoms with Crippen molar-refractivity contribution in [1.82, 2.24) is 19.7 Å². The van der Waals surface area contributed by atoms with Gasteiger partial charge in [0.05, 0.1) is 16.8 Å². The maximum absolute atomic E-state index is 15.0. The molecule has 1 amide bonds. The van der Waals surface area contributed by atoms with Crippen molar-refractivity contribution in [2.45, 2.75) is 30.3 Å². The van der Waals surface area contributed by atoms with Crippen molar-refractivity contribution in [3.8, 4) is 0 Å². The highest BCUT2D eigenvalue weighted by Gasteiger charge is 2.53. The van der Waals surface area contributed by atoms with Crippen LogP contribution in [0.1, 0.15) is 35.4 Å². The van der Waals surface area contributed by atoms with Gasteiger partial charge in [-0.2, -0.15) is 5.10 Å². The van der Waals surface area contributed by atoms with Crippen LogP contribution < -0.4 is 4.90 Å². The first kappa shape index (κ1) is 21.3. The highest BCUT2D eigenvalue weighted by Crippen LogP contribution is 2.46. The number of hydrogen-bond donors (Lipinski definition) is 1. The molecule has 0 aliphatic carbocycles. The molecule has 2 atom stereocenters. The molecule has 4 rings (SSSR count). The lowest BCUT2D eigenvalue weighted by atomic mass is 9.97. The number of thioether (sulfide) groups is 1. The summed E-state index contributed by atoms with van der Waals surface area (Å²) in [5, 5.41) is 16.2. The minimum Gasteiger partial charge on any atom is -0.350 e. The number of halogens is 2. The van der Waals surface area contributed by atoms with Crippen LogP contribution in [0.15, 0.2) is 53.9 Å². The number of aromatic nitrogens is 3. The third kappa shape index (κ3) is 3.26. The topological polar surface area (TPSA) is 74.5 Å². The van der Waals surface area contributed by atoms with Crippen molar-refractivity contribution >= 4 is 23.4 Å². The number of hydrogen-bond acceptors (Lipinski definition) is 6. The van der Waals surface area contributed by atoms with Crippen LogP contribution in [0.2, 0.25) is 0 Å². The third-order valence-corrected chi connectivity index (χ3v) is 6.24. The molecule has 0 spiro atoms. The van der Waals surface area contributed by atoms with Gasteiger partial charge in [-0.15, -0.1) is 11.8 Å². The fourth-order valence-corrected chi connectivity index (χ4v) is 4.41. The molecule has 0 radical (unpaired) electrons. The first-order chi connectivity index (χ1) is 14.8. The van der Waals surface area contributed by atoms with Gasteiger partial charge in [-0.25, -0.2) is 18.4 Å². The van der Waals surface area contributed by atoms with Gasteiger partial charge in [0.1, 0.15) is 30.5 Å². The third-order valence-electron chi connectivity index (χ3n) is 5.52. The normalized spacial score (nSPS) is 19.5. The second kappa shape index (κ2) is 7.93. The van der Waals surface area contributed by atoms with E-state index >= 15 is 0 Å². The molecule has 0 bridgehead atoms. The van der Waals surface area contributed by atoms with Gasteiger partial charge in [0.15, 0.2) is 0 Å². The van der Waals surface area contributed by atoms with Crippen LogP contribution in [0.3, 0.4) is 0 Å². The van der Waals surface area contributed by atoms with Crippen molar-refractivity contribution in [1.29, 1.82) is 0 Å². The van der Waals surface area contributed by atoms with E-state index in [1.807, 2.05) is 19.2 Å². The highest BCUT2D eigenvalue weighted by atomic mass is 32.2. The van der Waals surface area contributed by atoms with Gasteiger partial charge in [-0.1, -0.05) is 6.92 Å². The van der Waals surface area contributed by atoms with E-state index in [0.29, 0.717) is 23.7 Å². The van der Waals surface area contributed by atoms with Gasteiger partial charge in [0.25, 0.3) is 11.8 Å². The van der Waals surface area contributed by atoms with E-state index in [4.69, 9.17) is 0 Å². The first-order valence-electron chi connectivity index (χ1n) is 9.60. The molecule has 7 nitrogen and oxygen atoms in total. The summed E-state index contributed by atoms with van der Waals surface area (Å²) in [6, 6.07) is 8.15. The lowest BCUT2D eigenvalue weighted by Gasteiger charge is -2.52. The summed E-state index contributed by atoms with van der Waals surface area (Å²) in [6.45, 7) is 1.81. The Labute approximate surface area is 182 Å². The van der Waals surface area contributed by atoms with E-state index in [2.05, 4.69) is 10.1 Å². The quantitative estimate of drug-likeness (QED) is 0.605. The highest BCUT2D eigenvalue weighted by molar-refractivity contribution is 7.98. The predicted octanol–water partition coefficient (Wildman–Crippen LogP) is 3.58. The van der Waals surface area contributed by atoms with E-state index in [0.717, 1.165) is 17.0 Å². The van der Waals surface area contributed by atoms with Crippen LogP contribution in [0.25, 0.3) is 0 Å². The zero-order valence-corrected chi connectivity index (χ0v) is 18.0. The summed E-state index contributed by atoms with van der Waals surface area (Å²) in [6.07, 6.45) is 4.21. The second-order valence-electron chi connectivity index (χ2n) is 7.14. The van der Waals surface area contributed by atoms with Crippen LogP contribution in [0.5, 0.6) is 0 Å². The number of nitrogens with zero attached hydrogens (tertiary/aromatic N) is 5. The average molecular weight is 445 g/mol. The number of aliphatic hydroxyl groups is 1. The fraction of sp³-hybridized carbons (Fsp3) is 0.286. The Kier molecular flexibility index (Phi) is 5.44. The van der Waals surface area contributed by atoms with Crippen LogP contribution in [0.4, 0.5) is 14.5 Å². The van der Waals surface area contributed by atoms with Gasteiger partial charge in [-0.05, 0) is 43.0 Å². The summed E-state index contributed by atoms with van der Waals surface area (Å²) in [4.78, 5) is 21.1. The molecule has 2 heterocycles. The summed E-state index contributed by atoms with van der Waals surface area (Å²) >= 11 is 1.48. The molecule has 1 N–H and O–H groups in total. The molecule has 1 aliphatic rings. The molecule has 10 heteroatoms. The van der Waals surface area contributed by atoms with Gasteiger partial charge < -0.3 is 10.0 Å². The summed E-state index contributed by atoms with van der Waals surface area (Å²) < 4.78 is 30.1. The Morgan fingerprint density at radius 3 is 2.61 bits per heavy atom. The number of fused-ring (bicyclic) bond motifs is 1. The molecule has 1 aliphatic heterocycles. The van der Waals surface area contributed by atoms with E-state index < -0.39 is 29.6 Å². The smallest absolute Gasteiger partial charge is 0.261 e. The van der Waals surface area contributed by atoms with Gasteiger partial charge in [-0.3, -0.25) is 9.69 Å². The molecule has 2 unspecified atom stereocenters. The Bertz CT molecular complexity index is 1130. The zero-order chi connectivity index (χ0) is 22.3. The molecule has 0 saturated heterocycles. The summed E-state index contributed by atoms with van der Waals surface area (Å²) in [7, 11) is 1.57. The average Bonchev–Trinajstić information content (AvgIpc) is 3.29. The van der Waals surface area contributed by atoms with Crippen molar-refractivity contribution in [3.63, 3.8) is 0 Å². The maximum atomic E-state index is 15.0. The van der Waals surface area contributed by atoms with Crippen LogP contribution >= 0.6 is 11.8 Å². The summed E-state index contributed by atoms with van der Waals surface area (Å²) in [5.74, 6) is -4.50. The maximum Gasteiger partial charge on any atom is 0.261 e.